The van der Waals surface area contributed by atoms with Crippen LogP contribution in [0.15, 0.2) is 29.3 Å². The van der Waals surface area contributed by atoms with Crippen LogP contribution < -0.4 is 5.32 Å². The number of benzene rings is 1. The smallest absolute Gasteiger partial charge is 0.194 e. The maximum absolute atomic E-state index is 9.52. The average molecular weight is 433 g/mol. The Labute approximate surface area is 156 Å². The van der Waals surface area contributed by atoms with Gasteiger partial charge in [0.2, 0.25) is 0 Å². The number of hydrogen-bond donors (Lipinski definition) is 2. The van der Waals surface area contributed by atoms with E-state index in [4.69, 9.17) is 9.73 Å². The van der Waals surface area contributed by atoms with Crippen LogP contribution in [0.4, 0.5) is 0 Å². The molecule has 1 fully saturated rings. The van der Waals surface area contributed by atoms with Crippen LogP contribution in [0.5, 0.6) is 5.75 Å². The lowest BCUT2D eigenvalue weighted by Gasteiger charge is -2.21. The van der Waals surface area contributed by atoms with Crippen LogP contribution in [0.1, 0.15) is 25.8 Å². The number of hydrogen-bond acceptors (Lipinski definition) is 3. The Morgan fingerprint density at radius 2 is 2.26 bits per heavy atom. The van der Waals surface area contributed by atoms with Crippen molar-refractivity contribution in [2.75, 3.05) is 32.8 Å². The van der Waals surface area contributed by atoms with Gasteiger partial charge in [-0.1, -0.05) is 12.1 Å². The molecule has 0 spiro atoms. The van der Waals surface area contributed by atoms with E-state index in [1.165, 1.54) is 0 Å². The van der Waals surface area contributed by atoms with E-state index in [1.54, 1.807) is 12.1 Å². The molecule has 1 aromatic carbocycles. The van der Waals surface area contributed by atoms with Crippen molar-refractivity contribution >= 4 is 29.9 Å². The van der Waals surface area contributed by atoms with E-state index in [-0.39, 0.29) is 29.7 Å². The highest BCUT2D eigenvalue weighted by atomic mass is 127. The molecule has 0 radical (unpaired) electrons. The van der Waals surface area contributed by atoms with Gasteiger partial charge in [-0.25, -0.2) is 4.99 Å². The lowest BCUT2D eigenvalue weighted by atomic mass is 10.1. The van der Waals surface area contributed by atoms with E-state index in [0.29, 0.717) is 12.5 Å². The van der Waals surface area contributed by atoms with Crippen LogP contribution in [0.3, 0.4) is 0 Å². The van der Waals surface area contributed by atoms with Crippen molar-refractivity contribution in [2.24, 2.45) is 10.9 Å². The molecule has 0 saturated carbocycles. The van der Waals surface area contributed by atoms with Gasteiger partial charge >= 0.3 is 0 Å². The van der Waals surface area contributed by atoms with Crippen molar-refractivity contribution in [3.8, 4) is 5.75 Å². The van der Waals surface area contributed by atoms with Gasteiger partial charge in [0, 0.05) is 32.2 Å². The number of nitrogens with zero attached hydrogens (tertiary/aromatic N) is 2. The van der Waals surface area contributed by atoms with Crippen molar-refractivity contribution in [3.63, 3.8) is 0 Å². The summed E-state index contributed by atoms with van der Waals surface area (Å²) in [6, 6.07) is 7.27. The highest BCUT2D eigenvalue weighted by Crippen LogP contribution is 2.17. The maximum atomic E-state index is 9.52. The van der Waals surface area contributed by atoms with Crippen LogP contribution in [0.25, 0.3) is 0 Å². The Balaban J connectivity index is 0.00000264. The normalized spacial score (nSPS) is 17.9. The molecule has 1 aliphatic rings. The lowest BCUT2D eigenvalue weighted by molar-refractivity contribution is 0.114. The maximum Gasteiger partial charge on any atom is 0.194 e. The summed E-state index contributed by atoms with van der Waals surface area (Å²) >= 11 is 0. The summed E-state index contributed by atoms with van der Waals surface area (Å²) in [5.74, 6) is 1.82. The zero-order chi connectivity index (χ0) is 15.8. The second-order valence-corrected chi connectivity index (χ2v) is 5.60. The fraction of sp³-hybridized carbons (Fsp3) is 0.588. The van der Waals surface area contributed by atoms with Crippen molar-refractivity contribution in [3.05, 3.63) is 29.8 Å². The van der Waals surface area contributed by atoms with Crippen LogP contribution >= 0.6 is 24.0 Å². The minimum absolute atomic E-state index is 0. The fourth-order valence-electron chi connectivity index (χ4n) is 2.69. The molecule has 1 aromatic rings. The predicted molar refractivity (Wildman–Crippen MR) is 105 cm³/mol. The Morgan fingerprint density at radius 1 is 1.43 bits per heavy atom. The van der Waals surface area contributed by atoms with Crippen molar-refractivity contribution < 1.29 is 9.84 Å². The minimum atomic E-state index is 0. The van der Waals surface area contributed by atoms with Gasteiger partial charge in [-0.3, -0.25) is 0 Å². The van der Waals surface area contributed by atoms with E-state index in [9.17, 15) is 5.11 Å². The molecule has 1 atom stereocenters. The number of phenols is 1. The SMILES string of the molecule is CCNC(=NCc1cccc(O)c1)N1CCC(COCC)C1.I. The number of phenolic OH excluding ortho intramolecular Hbond substituents is 1. The Hall–Kier alpha value is -1.02. The largest absolute Gasteiger partial charge is 0.508 e. The Kier molecular flexibility index (Phi) is 9.31. The summed E-state index contributed by atoms with van der Waals surface area (Å²) in [6.07, 6.45) is 1.15. The predicted octanol–water partition coefficient (Wildman–Crippen LogP) is 2.83. The summed E-state index contributed by atoms with van der Waals surface area (Å²) in [7, 11) is 0. The number of nitrogens with one attached hydrogen (secondary N) is 1. The second kappa shape index (κ2) is 10.7. The zero-order valence-corrected chi connectivity index (χ0v) is 16.3. The van der Waals surface area contributed by atoms with Crippen LogP contribution in [-0.4, -0.2) is 48.8 Å². The molecule has 6 heteroatoms. The molecular weight excluding hydrogens is 405 g/mol. The molecule has 0 amide bonds. The summed E-state index contributed by atoms with van der Waals surface area (Å²) in [5, 5.41) is 12.9. The van der Waals surface area contributed by atoms with Gasteiger partial charge in [0.1, 0.15) is 5.75 Å². The molecule has 1 aliphatic heterocycles. The second-order valence-electron chi connectivity index (χ2n) is 5.60. The molecule has 0 aliphatic carbocycles. The van der Waals surface area contributed by atoms with Crippen molar-refractivity contribution in [1.29, 1.82) is 0 Å². The van der Waals surface area contributed by atoms with Crippen LogP contribution in [-0.2, 0) is 11.3 Å². The summed E-state index contributed by atoms with van der Waals surface area (Å²) in [5.41, 5.74) is 1.01. The summed E-state index contributed by atoms with van der Waals surface area (Å²) in [4.78, 5) is 7.00. The molecule has 23 heavy (non-hydrogen) atoms. The van der Waals surface area contributed by atoms with E-state index in [0.717, 1.165) is 50.8 Å². The van der Waals surface area contributed by atoms with Crippen molar-refractivity contribution in [2.45, 2.75) is 26.8 Å². The summed E-state index contributed by atoms with van der Waals surface area (Å²) in [6.45, 7) is 9.16. The van der Waals surface area contributed by atoms with E-state index < -0.39 is 0 Å². The quantitative estimate of drug-likeness (QED) is 0.412. The molecule has 1 saturated heterocycles. The highest BCUT2D eigenvalue weighted by Gasteiger charge is 2.24. The summed E-state index contributed by atoms with van der Waals surface area (Å²) < 4.78 is 5.53. The molecule has 5 nitrogen and oxygen atoms in total. The minimum Gasteiger partial charge on any atom is -0.508 e. The van der Waals surface area contributed by atoms with Gasteiger partial charge in [-0.2, -0.15) is 0 Å². The lowest BCUT2D eigenvalue weighted by Crippen LogP contribution is -2.40. The van der Waals surface area contributed by atoms with E-state index in [1.807, 2.05) is 19.1 Å². The monoisotopic (exact) mass is 433 g/mol. The number of likely N-dealkylation sites (tertiary alicyclic amines) is 1. The first-order chi connectivity index (χ1) is 10.7. The fourth-order valence-corrected chi connectivity index (χ4v) is 2.69. The highest BCUT2D eigenvalue weighted by molar-refractivity contribution is 14.0. The Morgan fingerprint density at radius 3 is 2.96 bits per heavy atom. The number of aromatic hydroxyl groups is 1. The first kappa shape index (κ1) is 20.0. The standard InChI is InChI=1S/C17H27N3O2.HI/c1-3-18-17(19-11-14-6-5-7-16(21)10-14)20-9-8-15(12-20)13-22-4-2;/h5-7,10,15,21H,3-4,8-9,11-13H2,1-2H3,(H,18,19);1H. The number of ether oxygens (including phenoxy) is 1. The molecule has 2 N–H and O–H groups in total. The number of halogens is 1. The molecule has 1 heterocycles. The average Bonchev–Trinajstić information content (AvgIpc) is 2.98. The first-order valence-corrected chi connectivity index (χ1v) is 8.11. The third-order valence-electron chi connectivity index (χ3n) is 3.80. The number of aliphatic imine (C=N–C) groups is 1. The van der Waals surface area contributed by atoms with E-state index >= 15 is 0 Å². The molecular formula is C17H28IN3O2. The van der Waals surface area contributed by atoms with Gasteiger partial charge in [-0.05, 0) is 38.0 Å². The van der Waals surface area contributed by atoms with Crippen molar-refractivity contribution in [1.82, 2.24) is 10.2 Å². The topological polar surface area (TPSA) is 57.1 Å². The Bertz CT molecular complexity index is 496. The van der Waals surface area contributed by atoms with Gasteiger partial charge in [0.05, 0.1) is 13.2 Å². The molecule has 0 aromatic heterocycles. The number of rotatable bonds is 6. The molecule has 130 valence electrons. The molecule has 2 rings (SSSR count). The van der Waals surface area contributed by atoms with Gasteiger partial charge < -0.3 is 20.1 Å². The van der Waals surface area contributed by atoms with Crippen LogP contribution in [0, 0.1) is 5.92 Å². The third-order valence-corrected chi connectivity index (χ3v) is 3.80. The molecule has 1 unspecified atom stereocenters. The van der Waals surface area contributed by atoms with Gasteiger partial charge in [0.15, 0.2) is 5.96 Å². The van der Waals surface area contributed by atoms with Gasteiger partial charge in [-0.15, -0.1) is 24.0 Å². The molecule has 0 bridgehead atoms. The van der Waals surface area contributed by atoms with Crippen LogP contribution in [0.2, 0.25) is 0 Å². The first-order valence-electron chi connectivity index (χ1n) is 8.11. The third kappa shape index (κ3) is 6.55. The number of guanidine groups is 1. The zero-order valence-electron chi connectivity index (χ0n) is 14.0. The van der Waals surface area contributed by atoms with E-state index in [2.05, 4.69) is 17.1 Å². The van der Waals surface area contributed by atoms with Gasteiger partial charge in [0.25, 0.3) is 0 Å².